The van der Waals surface area contributed by atoms with Gasteiger partial charge in [-0.15, -0.1) is 12.4 Å². The lowest BCUT2D eigenvalue weighted by molar-refractivity contribution is 0.0432. The molecule has 0 bridgehead atoms. The first-order chi connectivity index (χ1) is 7.47. The van der Waals surface area contributed by atoms with Crippen molar-refractivity contribution in [2.24, 2.45) is 0 Å². The van der Waals surface area contributed by atoms with Crippen LogP contribution in [0.25, 0.3) is 0 Å². The standard InChI is InChI=1S/C13H18ClNO.ClH/c1-13(2,16)12-7-6-11(15-12)9-4-3-5-10(14)8-9;/h3-5,8,11-12,15-16H,6-7H2,1-2H3;1H/t11-,12+;/m0./s1. The Morgan fingerprint density at radius 2 is 2.06 bits per heavy atom. The van der Waals surface area contributed by atoms with Crippen LogP contribution in [-0.4, -0.2) is 16.7 Å². The zero-order chi connectivity index (χ0) is 11.8. The maximum absolute atomic E-state index is 9.95. The molecular formula is C13H19Cl2NO. The smallest absolute Gasteiger partial charge is 0.0744 e. The Kier molecular flexibility index (Phi) is 4.85. The van der Waals surface area contributed by atoms with Gasteiger partial charge in [-0.25, -0.2) is 0 Å². The first-order valence-electron chi connectivity index (χ1n) is 5.71. The number of benzene rings is 1. The van der Waals surface area contributed by atoms with Crippen LogP contribution in [0.3, 0.4) is 0 Å². The van der Waals surface area contributed by atoms with Gasteiger partial charge in [0.1, 0.15) is 0 Å². The van der Waals surface area contributed by atoms with Crippen molar-refractivity contribution in [3.8, 4) is 0 Å². The normalized spacial score (nSPS) is 24.5. The van der Waals surface area contributed by atoms with Gasteiger partial charge >= 0.3 is 0 Å². The first-order valence-corrected chi connectivity index (χ1v) is 6.08. The predicted molar refractivity (Wildman–Crippen MR) is 73.9 cm³/mol. The van der Waals surface area contributed by atoms with E-state index in [4.69, 9.17) is 11.6 Å². The summed E-state index contributed by atoms with van der Waals surface area (Å²) in [6, 6.07) is 8.40. The van der Waals surface area contributed by atoms with Crippen LogP contribution in [-0.2, 0) is 0 Å². The molecular weight excluding hydrogens is 257 g/mol. The van der Waals surface area contributed by atoms with Crippen molar-refractivity contribution in [3.63, 3.8) is 0 Å². The minimum absolute atomic E-state index is 0. The number of hydrogen-bond acceptors (Lipinski definition) is 2. The Morgan fingerprint density at radius 1 is 1.35 bits per heavy atom. The second kappa shape index (κ2) is 5.57. The molecule has 1 saturated heterocycles. The molecule has 0 aliphatic carbocycles. The summed E-state index contributed by atoms with van der Waals surface area (Å²) in [6.45, 7) is 3.70. The SMILES string of the molecule is CC(C)(O)[C@H]1CC[C@@H](c2cccc(Cl)c2)N1.Cl. The van der Waals surface area contributed by atoms with Crippen molar-refractivity contribution in [2.45, 2.75) is 44.4 Å². The molecule has 1 fully saturated rings. The number of rotatable bonds is 2. The third-order valence-corrected chi connectivity index (χ3v) is 3.49. The minimum atomic E-state index is -0.659. The van der Waals surface area contributed by atoms with Crippen molar-refractivity contribution in [1.29, 1.82) is 0 Å². The van der Waals surface area contributed by atoms with Gasteiger partial charge in [0.15, 0.2) is 0 Å². The fourth-order valence-electron chi connectivity index (χ4n) is 2.29. The molecule has 2 nitrogen and oxygen atoms in total. The molecule has 0 spiro atoms. The molecule has 2 rings (SSSR count). The number of hydrogen-bond donors (Lipinski definition) is 2. The van der Waals surface area contributed by atoms with Gasteiger partial charge in [-0.05, 0) is 44.4 Å². The molecule has 96 valence electrons. The molecule has 0 amide bonds. The Bertz CT molecular complexity index is 376. The van der Waals surface area contributed by atoms with Crippen molar-refractivity contribution in [2.75, 3.05) is 0 Å². The van der Waals surface area contributed by atoms with Gasteiger partial charge in [0.2, 0.25) is 0 Å². The second-order valence-corrected chi connectivity index (χ2v) is 5.49. The molecule has 0 saturated carbocycles. The summed E-state index contributed by atoms with van der Waals surface area (Å²) in [6.07, 6.45) is 2.05. The second-order valence-electron chi connectivity index (χ2n) is 5.06. The number of nitrogens with one attached hydrogen (secondary N) is 1. The van der Waals surface area contributed by atoms with E-state index in [9.17, 15) is 5.11 Å². The minimum Gasteiger partial charge on any atom is -0.389 e. The van der Waals surface area contributed by atoms with E-state index < -0.39 is 5.60 Å². The molecule has 1 aromatic rings. The van der Waals surface area contributed by atoms with E-state index in [2.05, 4.69) is 11.4 Å². The number of halogens is 2. The van der Waals surface area contributed by atoms with Gasteiger partial charge in [0.25, 0.3) is 0 Å². The lowest BCUT2D eigenvalue weighted by Gasteiger charge is -2.26. The van der Waals surface area contributed by atoms with Gasteiger partial charge < -0.3 is 10.4 Å². The summed E-state index contributed by atoms with van der Waals surface area (Å²) >= 11 is 5.97. The summed E-state index contributed by atoms with van der Waals surface area (Å²) in [5.74, 6) is 0. The third-order valence-electron chi connectivity index (χ3n) is 3.25. The largest absolute Gasteiger partial charge is 0.389 e. The average molecular weight is 276 g/mol. The van der Waals surface area contributed by atoms with Crippen LogP contribution in [0.15, 0.2) is 24.3 Å². The summed E-state index contributed by atoms with van der Waals surface area (Å²) < 4.78 is 0. The van der Waals surface area contributed by atoms with Crippen LogP contribution in [0.1, 0.15) is 38.3 Å². The highest BCUT2D eigenvalue weighted by atomic mass is 35.5. The quantitative estimate of drug-likeness (QED) is 0.868. The molecule has 0 radical (unpaired) electrons. The van der Waals surface area contributed by atoms with Crippen molar-refractivity contribution in [1.82, 2.24) is 5.32 Å². The molecule has 0 unspecified atom stereocenters. The molecule has 1 aliphatic heterocycles. The van der Waals surface area contributed by atoms with Crippen LogP contribution in [0.4, 0.5) is 0 Å². The van der Waals surface area contributed by atoms with Gasteiger partial charge in [-0.1, -0.05) is 23.7 Å². The molecule has 0 aromatic heterocycles. The van der Waals surface area contributed by atoms with Crippen LogP contribution in [0, 0.1) is 0 Å². The van der Waals surface area contributed by atoms with Crippen molar-refractivity contribution < 1.29 is 5.11 Å². The van der Waals surface area contributed by atoms with E-state index in [0.29, 0.717) is 6.04 Å². The molecule has 1 aromatic carbocycles. The van der Waals surface area contributed by atoms with Crippen LogP contribution >= 0.6 is 24.0 Å². The topological polar surface area (TPSA) is 32.3 Å². The van der Waals surface area contributed by atoms with E-state index in [1.807, 2.05) is 32.0 Å². The lowest BCUT2D eigenvalue weighted by Crippen LogP contribution is -2.43. The van der Waals surface area contributed by atoms with Crippen molar-refractivity contribution in [3.05, 3.63) is 34.9 Å². The molecule has 17 heavy (non-hydrogen) atoms. The maximum Gasteiger partial charge on any atom is 0.0744 e. The highest BCUT2D eigenvalue weighted by molar-refractivity contribution is 6.30. The number of aliphatic hydroxyl groups is 1. The van der Waals surface area contributed by atoms with Crippen LogP contribution < -0.4 is 5.32 Å². The summed E-state index contributed by atoms with van der Waals surface area (Å²) in [4.78, 5) is 0. The van der Waals surface area contributed by atoms with E-state index >= 15 is 0 Å². The first kappa shape index (κ1) is 14.8. The highest BCUT2D eigenvalue weighted by Gasteiger charge is 2.34. The fourth-order valence-corrected chi connectivity index (χ4v) is 2.48. The molecule has 1 aliphatic rings. The zero-order valence-electron chi connectivity index (χ0n) is 10.1. The van der Waals surface area contributed by atoms with Gasteiger partial charge in [0, 0.05) is 17.1 Å². The lowest BCUT2D eigenvalue weighted by atomic mass is 9.98. The van der Waals surface area contributed by atoms with E-state index in [-0.39, 0.29) is 18.4 Å². The fraction of sp³-hybridized carbons (Fsp3) is 0.538. The van der Waals surface area contributed by atoms with Crippen LogP contribution in [0.5, 0.6) is 0 Å². The molecule has 4 heteroatoms. The highest BCUT2D eigenvalue weighted by Crippen LogP contribution is 2.31. The third kappa shape index (κ3) is 3.59. The van der Waals surface area contributed by atoms with Gasteiger partial charge in [0.05, 0.1) is 5.60 Å². The Labute approximate surface area is 114 Å². The van der Waals surface area contributed by atoms with Crippen molar-refractivity contribution >= 4 is 24.0 Å². The summed E-state index contributed by atoms with van der Waals surface area (Å²) in [5.41, 5.74) is 0.548. The molecule has 2 N–H and O–H groups in total. The Hall–Kier alpha value is -0.280. The van der Waals surface area contributed by atoms with E-state index in [0.717, 1.165) is 17.9 Å². The van der Waals surface area contributed by atoms with E-state index in [1.54, 1.807) is 0 Å². The van der Waals surface area contributed by atoms with Crippen LogP contribution in [0.2, 0.25) is 5.02 Å². The van der Waals surface area contributed by atoms with E-state index in [1.165, 1.54) is 5.56 Å². The maximum atomic E-state index is 9.95. The summed E-state index contributed by atoms with van der Waals surface area (Å²) in [5, 5.41) is 14.2. The molecule has 1 heterocycles. The molecule has 2 atom stereocenters. The van der Waals surface area contributed by atoms with Gasteiger partial charge in [-0.3, -0.25) is 0 Å². The Balaban J connectivity index is 0.00000144. The zero-order valence-corrected chi connectivity index (χ0v) is 11.7. The summed E-state index contributed by atoms with van der Waals surface area (Å²) in [7, 11) is 0. The Morgan fingerprint density at radius 3 is 2.59 bits per heavy atom. The average Bonchev–Trinajstić information content (AvgIpc) is 2.65. The van der Waals surface area contributed by atoms with Gasteiger partial charge in [-0.2, -0.15) is 0 Å². The predicted octanol–water partition coefficient (Wildman–Crippen LogP) is 3.33. The monoisotopic (exact) mass is 275 g/mol.